The van der Waals surface area contributed by atoms with E-state index in [1.165, 1.54) is 0 Å². The molecule has 2 aliphatic heterocycles. The van der Waals surface area contributed by atoms with Crippen LogP contribution in [-0.4, -0.2) is 40.5 Å². The number of nitrogens with zero attached hydrogens (tertiary/aromatic N) is 2. The quantitative estimate of drug-likeness (QED) is 0.802. The van der Waals surface area contributed by atoms with Gasteiger partial charge in [-0.15, -0.1) is 11.8 Å². The highest BCUT2D eigenvalue weighted by Gasteiger charge is 2.33. The number of hydrogen-bond donors (Lipinski definition) is 0. The smallest absolute Gasteiger partial charge is 0.253 e. The zero-order chi connectivity index (χ0) is 18.8. The van der Waals surface area contributed by atoms with Crippen molar-refractivity contribution in [3.05, 3.63) is 59.5 Å². The Labute approximate surface area is 163 Å². The third-order valence-electron chi connectivity index (χ3n) is 5.39. The molecule has 0 aliphatic carbocycles. The second kappa shape index (κ2) is 7.80. The summed E-state index contributed by atoms with van der Waals surface area (Å²) in [5.74, 6) is 2.17. The standard InChI is InChI=1S/C21H24N2O3S/c1-15-8-10-22(11-9-15)20(25)16-4-6-17(7-5-16)21-23(19(24)14-27-21)13-18-3-2-12-26-18/h2-7,12,15,21H,8-11,13-14H2,1H3/t21-/m1/s1. The topological polar surface area (TPSA) is 53.8 Å². The molecule has 6 heteroatoms. The second-order valence-corrected chi connectivity index (χ2v) is 8.43. The molecule has 0 N–H and O–H groups in total. The molecule has 1 atom stereocenters. The molecule has 0 unspecified atom stereocenters. The number of thioether (sulfide) groups is 1. The van der Waals surface area contributed by atoms with Gasteiger partial charge in [-0.3, -0.25) is 9.59 Å². The number of furan rings is 1. The van der Waals surface area contributed by atoms with E-state index >= 15 is 0 Å². The highest BCUT2D eigenvalue weighted by molar-refractivity contribution is 8.00. The zero-order valence-corrected chi connectivity index (χ0v) is 16.3. The molecule has 5 nitrogen and oxygen atoms in total. The molecule has 3 heterocycles. The molecule has 2 amide bonds. The molecule has 0 bridgehead atoms. The van der Waals surface area contributed by atoms with Gasteiger partial charge in [0, 0.05) is 18.7 Å². The lowest BCUT2D eigenvalue weighted by Crippen LogP contribution is -2.37. The lowest BCUT2D eigenvalue weighted by Gasteiger charge is -2.30. The fourth-order valence-electron chi connectivity index (χ4n) is 3.66. The predicted molar refractivity (Wildman–Crippen MR) is 105 cm³/mol. The fourth-order valence-corrected chi connectivity index (χ4v) is 4.84. The van der Waals surface area contributed by atoms with E-state index in [4.69, 9.17) is 4.42 Å². The maximum Gasteiger partial charge on any atom is 0.253 e. The van der Waals surface area contributed by atoms with Crippen molar-refractivity contribution in [2.75, 3.05) is 18.8 Å². The maximum absolute atomic E-state index is 12.7. The summed E-state index contributed by atoms with van der Waals surface area (Å²) in [4.78, 5) is 28.8. The number of hydrogen-bond acceptors (Lipinski definition) is 4. The fraction of sp³-hybridized carbons (Fsp3) is 0.429. The maximum atomic E-state index is 12.7. The molecule has 142 valence electrons. The Hall–Kier alpha value is -2.21. The summed E-state index contributed by atoms with van der Waals surface area (Å²) in [6.07, 6.45) is 3.78. The molecule has 2 fully saturated rings. The molecule has 0 radical (unpaired) electrons. The van der Waals surface area contributed by atoms with Gasteiger partial charge in [-0.05, 0) is 48.6 Å². The molecule has 2 aromatic rings. The van der Waals surface area contributed by atoms with E-state index in [0.29, 0.717) is 18.2 Å². The minimum atomic E-state index is -0.0393. The average molecular weight is 385 g/mol. The predicted octanol–water partition coefficient (Wildman–Crippen LogP) is 3.93. The van der Waals surface area contributed by atoms with Crippen LogP contribution in [0.5, 0.6) is 0 Å². The number of likely N-dealkylation sites (tertiary alicyclic amines) is 1. The normalized spacial score (nSPS) is 21.1. The van der Waals surface area contributed by atoms with Gasteiger partial charge in [0.15, 0.2) is 0 Å². The minimum Gasteiger partial charge on any atom is -0.467 e. The number of carbonyl (C=O) groups excluding carboxylic acids is 2. The van der Waals surface area contributed by atoms with Crippen LogP contribution < -0.4 is 0 Å². The van der Waals surface area contributed by atoms with Crippen LogP contribution in [0, 0.1) is 5.92 Å². The molecular weight excluding hydrogens is 360 g/mol. The van der Waals surface area contributed by atoms with Crippen LogP contribution in [0.15, 0.2) is 47.1 Å². The van der Waals surface area contributed by atoms with Crippen LogP contribution in [0.1, 0.15) is 46.8 Å². The van der Waals surface area contributed by atoms with Crippen molar-refractivity contribution in [1.29, 1.82) is 0 Å². The Morgan fingerprint density at radius 3 is 2.59 bits per heavy atom. The van der Waals surface area contributed by atoms with Crippen LogP contribution >= 0.6 is 11.8 Å². The number of carbonyl (C=O) groups is 2. The van der Waals surface area contributed by atoms with E-state index in [9.17, 15) is 9.59 Å². The summed E-state index contributed by atoms with van der Waals surface area (Å²) < 4.78 is 5.40. The number of amides is 2. The van der Waals surface area contributed by atoms with E-state index in [1.54, 1.807) is 18.0 Å². The minimum absolute atomic E-state index is 0.0393. The molecule has 27 heavy (non-hydrogen) atoms. The summed E-state index contributed by atoms with van der Waals surface area (Å²) in [6, 6.07) is 11.5. The van der Waals surface area contributed by atoms with Crippen molar-refractivity contribution in [2.45, 2.75) is 31.7 Å². The summed E-state index contributed by atoms with van der Waals surface area (Å²) in [6.45, 7) is 4.39. The summed E-state index contributed by atoms with van der Waals surface area (Å²) in [5, 5.41) is -0.0393. The van der Waals surface area contributed by atoms with Gasteiger partial charge in [-0.2, -0.15) is 0 Å². The Balaban J connectivity index is 1.46. The van der Waals surface area contributed by atoms with Crippen molar-refractivity contribution in [3.63, 3.8) is 0 Å². The van der Waals surface area contributed by atoms with Crippen LogP contribution in [0.2, 0.25) is 0 Å². The number of rotatable bonds is 4. The Morgan fingerprint density at radius 2 is 1.93 bits per heavy atom. The first-order valence-electron chi connectivity index (χ1n) is 9.44. The zero-order valence-electron chi connectivity index (χ0n) is 15.5. The first-order chi connectivity index (χ1) is 13.1. The van der Waals surface area contributed by atoms with Crippen LogP contribution in [0.25, 0.3) is 0 Å². The molecule has 1 aromatic carbocycles. The van der Waals surface area contributed by atoms with Crippen LogP contribution in [0.4, 0.5) is 0 Å². The molecule has 0 saturated carbocycles. The van der Waals surface area contributed by atoms with E-state index < -0.39 is 0 Å². The van der Waals surface area contributed by atoms with Gasteiger partial charge in [0.1, 0.15) is 11.1 Å². The summed E-state index contributed by atoms with van der Waals surface area (Å²) in [5.41, 5.74) is 1.77. The molecule has 2 saturated heterocycles. The largest absolute Gasteiger partial charge is 0.467 e. The summed E-state index contributed by atoms with van der Waals surface area (Å²) in [7, 11) is 0. The molecule has 2 aliphatic rings. The SMILES string of the molecule is CC1CCN(C(=O)c2ccc([C@H]3SCC(=O)N3Cc3ccco3)cc2)CC1. The first kappa shape index (κ1) is 18.2. The van der Waals surface area contributed by atoms with Crippen LogP contribution in [0.3, 0.4) is 0 Å². The molecule has 4 rings (SSSR count). The van der Waals surface area contributed by atoms with E-state index in [0.717, 1.165) is 42.8 Å². The Bertz CT molecular complexity index is 795. The lowest BCUT2D eigenvalue weighted by molar-refractivity contribution is -0.128. The second-order valence-electron chi connectivity index (χ2n) is 7.36. The van der Waals surface area contributed by atoms with E-state index in [1.807, 2.05) is 46.2 Å². The van der Waals surface area contributed by atoms with Crippen molar-refractivity contribution in [3.8, 4) is 0 Å². The molecule has 0 spiro atoms. The van der Waals surface area contributed by atoms with Crippen LogP contribution in [-0.2, 0) is 11.3 Å². The van der Waals surface area contributed by atoms with Crippen molar-refractivity contribution in [1.82, 2.24) is 9.80 Å². The van der Waals surface area contributed by atoms with Gasteiger partial charge < -0.3 is 14.2 Å². The monoisotopic (exact) mass is 384 g/mol. The van der Waals surface area contributed by atoms with E-state index in [2.05, 4.69) is 6.92 Å². The highest BCUT2D eigenvalue weighted by Crippen LogP contribution is 2.39. The Kier molecular flexibility index (Phi) is 5.25. The third-order valence-corrected chi connectivity index (χ3v) is 6.64. The first-order valence-corrected chi connectivity index (χ1v) is 10.5. The van der Waals surface area contributed by atoms with Gasteiger partial charge in [-0.25, -0.2) is 0 Å². The van der Waals surface area contributed by atoms with Crippen molar-refractivity contribution in [2.24, 2.45) is 5.92 Å². The van der Waals surface area contributed by atoms with Gasteiger partial charge >= 0.3 is 0 Å². The van der Waals surface area contributed by atoms with Crippen molar-refractivity contribution >= 4 is 23.6 Å². The lowest BCUT2D eigenvalue weighted by atomic mass is 9.98. The molecule has 1 aromatic heterocycles. The van der Waals surface area contributed by atoms with E-state index in [-0.39, 0.29) is 17.2 Å². The number of benzene rings is 1. The third kappa shape index (κ3) is 3.90. The van der Waals surface area contributed by atoms with Gasteiger partial charge in [0.2, 0.25) is 5.91 Å². The molecular formula is C21H24N2O3S. The van der Waals surface area contributed by atoms with Crippen molar-refractivity contribution < 1.29 is 14.0 Å². The number of piperidine rings is 1. The van der Waals surface area contributed by atoms with Gasteiger partial charge in [-0.1, -0.05) is 19.1 Å². The highest BCUT2D eigenvalue weighted by atomic mass is 32.2. The van der Waals surface area contributed by atoms with Gasteiger partial charge in [0.25, 0.3) is 5.91 Å². The van der Waals surface area contributed by atoms with Gasteiger partial charge in [0.05, 0.1) is 18.6 Å². The Morgan fingerprint density at radius 1 is 1.19 bits per heavy atom. The average Bonchev–Trinajstić information content (AvgIpc) is 3.33. The summed E-state index contributed by atoms with van der Waals surface area (Å²) >= 11 is 1.62.